The van der Waals surface area contributed by atoms with E-state index in [1.807, 2.05) is 0 Å². The molecule has 0 aromatic heterocycles. The minimum absolute atomic E-state index is 0.000139. The lowest BCUT2D eigenvalue weighted by molar-refractivity contribution is -0.152. The average molecular weight is 269 g/mol. The lowest BCUT2D eigenvalue weighted by Crippen LogP contribution is -2.47. The highest BCUT2D eigenvalue weighted by atomic mass is 16.4. The van der Waals surface area contributed by atoms with Crippen molar-refractivity contribution in [2.45, 2.75) is 53.0 Å². The summed E-state index contributed by atoms with van der Waals surface area (Å²) in [4.78, 5) is 25.0. The minimum atomic E-state index is -0.944. The van der Waals surface area contributed by atoms with Gasteiger partial charge in [0, 0.05) is 13.0 Å². The molecule has 4 atom stereocenters. The van der Waals surface area contributed by atoms with Crippen LogP contribution in [0, 0.1) is 23.7 Å². The zero-order valence-corrected chi connectivity index (χ0v) is 12.7. The van der Waals surface area contributed by atoms with E-state index in [-0.39, 0.29) is 11.8 Å². The van der Waals surface area contributed by atoms with Crippen LogP contribution in [-0.4, -0.2) is 35.0 Å². The van der Waals surface area contributed by atoms with E-state index >= 15 is 0 Å². The monoisotopic (exact) mass is 269 g/mol. The van der Waals surface area contributed by atoms with Gasteiger partial charge in [-0.25, -0.2) is 4.79 Å². The maximum absolute atomic E-state index is 12.6. The van der Waals surface area contributed by atoms with Gasteiger partial charge in [0.2, 0.25) is 5.91 Å². The Morgan fingerprint density at radius 1 is 1.21 bits per heavy atom. The number of likely N-dealkylation sites (N-methyl/N-ethyl adjacent to an activating group) is 1. The number of carboxylic acid groups (broad SMARTS) is 1. The van der Waals surface area contributed by atoms with Gasteiger partial charge in [-0.05, 0) is 37.5 Å². The maximum Gasteiger partial charge on any atom is 0.326 e. The Kier molecular flexibility index (Phi) is 5.39. The molecule has 4 heteroatoms. The third kappa shape index (κ3) is 3.71. The maximum atomic E-state index is 12.6. The smallest absolute Gasteiger partial charge is 0.326 e. The molecule has 1 fully saturated rings. The number of carbonyl (C=O) groups is 2. The Morgan fingerprint density at radius 2 is 1.79 bits per heavy atom. The lowest BCUT2D eigenvalue weighted by atomic mass is 9.69. The molecule has 1 rings (SSSR count). The van der Waals surface area contributed by atoms with E-state index in [0.29, 0.717) is 17.8 Å². The number of carbonyl (C=O) groups excluding carboxylic acids is 1. The Morgan fingerprint density at radius 3 is 2.26 bits per heavy atom. The summed E-state index contributed by atoms with van der Waals surface area (Å²) in [6, 6.07) is -0.752. The fourth-order valence-electron chi connectivity index (χ4n) is 3.10. The zero-order chi connectivity index (χ0) is 14.7. The summed E-state index contributed by atoms with van der Waals surface area (Å²) < 4.78 is 0. The quantitative estimate of drug-likeness (QED) is 0.853. The van der Waals surface area contributed by atoms with Crippen LogP contribution in [0.25, 0.3) is 0 Å². The van der Waals surface area contributed by atoms with E-state index in [1.54, 1.807) is 14.0 Å². The molecule has 1 aliphatic rings. The van der Waals surface area contributed by atoms with Gasteiger partial charge in [-0.3, -0.25) is 4.79 Å². The van der Waals surface area contributed by atoms with Gasteiger partial charge in [0.1, 0.15) is 6.04 Å². The average Bonchev–Trinajstić information content (AvgIpc) is 2.35. The molecule has 1 amide bonds. The molecule has 0 aromatic rings. The molecule has 1 N–H and O–H groups in total. The highest BCUT2D eigenvalue weighted by Crippen LogP contribution is 2.39. The van der Waals surface area contributed by atoms with E-state index < -0.39 is 12.0 Å². The first-order valence-corrected chi connectivity index (χ1v) is 7.25. The molecule has 1 aliphatic carbocycles. The summed E-state index contributed by atoms with van der Waals surface area (Å²) in [7, 11) is 1.61. The number of hydrogen-bond acceptors (Lipinski definition) is 2. The van der Waals surface area contributed by atoms with E-state index in [9.17, 15) is 9.59 Å². The Bertz CT molecular complexity index is 340. The molecule has 4 nitrogen and oxygen atoms in total. The molecule has 0 unspecified atom stereocenters. The second-order valence-electron chi connectivity index (χ2n) is 6.40. The van der Waals surface area contributed by atoms with Crippen molar-refractivity contribution in [1.29, 1.82) is 0 Å². The molecule has 0 bridgehead atoms. The lowest BCUT2D eigenvalue weighted by Gasteiger charge is -2.39. The van der Waals surface area contributed by atoms with Crippen molar-refractivity contribution < 1.29 is 14.7 Å². The van der Waals surface area contributed by atoms with Gasteiger partial charge in [0.05, 0.1) is 0 Å². The fraction of sp³-hybridized carbons (Fsp3) is 0.867. The summed E-state index contributed by atoms with van der Waals surface area (Å²) >= 11 is 0. The van der Waals surface area contributed by atoms with Gasteiger partial charge < -0.3 is 10.0 Å². The molecular weight excluding hydrogens is 242 g/mol. The third-order valence-electron chi connectivity index (χ3n) is 4.63. The van der Waals surface area contributed by atoms with Gasteiger partial charge in [0.25, 0.3) is 0 Å². The van der Waals surface area contributed by atoms with Gasteiger partial charge in [-0.15, -0.1) is 0 Å². The normalized spacial score (nSPS) is 29.1. The summed E-state index contributed by atoms with van der Waals surface area (Å²) in [6.45, 7) is 8.05. The highest BCUT2D eigenvalue weighted by Gasteiger charge is 2.38. The van der Waals surface area contributed by atoms with E-state index in [2.05, 4.69) is 20.8 Å². The topological polar surface area (TPSA) is 57.6 Å². The van der Waals surface area contributed by atoms with Gasteiger partial charge in [0.15, 0.2) is 0 Å². The van der Waals surface area contributed by atoms with Crippen LogP contribution in [0.1, 0.15) is 47.0 Å². The van der Waals surface area contributed by atoms with Crippen molar-refractivity contribution in [2.24, 2.45) is 23.7 Å². The standard InChI is InChI=1S/C15H27NO3/c1-9(2)12-7-6-10(3)8-13(12)14(17)16(5)11(4)15(18)19/h9-13H,6-8H2,1-5H3,(H,18,19)/t10-,11-,12+,13-/m1/s1. The van der Waals surface area contributed by atoms with Crippen molar-refractivity contribution in [3.05, 3.63) is 0 Å². The molecule has 0 aliphatic heterocycles. The van der Waals surface area contributed by atoms with Crippen LogP contribution in [0.15, 0.2) is 0 Å². The number of aliphatic carboxylic acids is 1. The van der Waals surface area contributed by atoms with E-state index in [0.717, 1.165) is 12.8 Å². The SMILES string of the molecule is CC(C)[C@@H]1CC[C@@H](C)C[C@H]1C(=O)N(C)[C@H](C)C(=O)O. The predicted octanol–water partition coefficient (Wildman–Crippen LogP) is 2.63. The third-order valence-corrected chi connectivity index (χ3v) is 4.63. The molecule has 0 saturated heterocycles. The van der Waals surface area contributed by atoms with Crippen molar-refractivity contribution in [2.75, 3.05) is 7.05 Å². The van der Waals surface area contributed by atoms with Crippen LogP contribution >= 0.6 is 0 Å². The predicted molar refractivity (Wildman–Crippen MR) is 74.7 cm³/mol. The second-order valence-corrected chi connectivity index (χ2v) is 6.40. The minimum Gasteiger partial charge on any atom is -0.480 e. The molecular formula is C15H27NO3. The van der Waals surface area contributed by atoms with Crippen LogP contribution < -0.4 is 0 Å². The summed E-state index contributed by atoms with van der Waals surface area (Å²) in [5, 5.41) is 9.03. The van der Waals surface area contributed by atoms with Crippen LogP contribution in [0.4, 0.5) is 0 Å². The molecule has 110 valence electrons. The zero-order valence-electron chi connectivity index (χ0n) is 12.7. The van der Waals surface area contributed by atoms with Crippen molar-refractivity contribution in [1.82, 2.24) is 4.90 Å². The van der Waals surface area contributed by atoms with Crippen LogP contribution in [0.3, 0.4) is 0 Å². The summed E-state index contributed by atoms with van der Waals surface area (Å²) in [6.07, 6.45) is 3.13. The summed E-state index contributed by atoms with van der Waals surface area (Å²) in [5.41, 5.74) is 0. The highest BCUT2D eigenvalue weighted by molar-refractivity contribution is 5.84. The molecule has 19 heavy (non-hydrogen) atoms. The molecule has 1 saturated carbocycles. The number of amides is 1. The number of hydrogen-bond donors (Lipinski definition) is 1. The van der Waals surface area contributed by atoms with E-state index in [4.69, 9.17) is 5.11 Å². The van der Waals surface area contributed by atoms with Crippen LogP contribution in [0.5, 0.6) is 0 Å². The molecule has 0 spiro atoms. The first-order chi connectivity index (χ1) is 8.75. The van der Waals surface area contributed by atoms with Crippen LogP contribution in [-0.2, 0) is 9.59 Å². The largest absolute Gasteiger partial charge is 0.480 e. The number of rotatable bonds is 4. The van der Waals surface area contributed by atoms with Crippen LogP contribution in [0.2, 0.25) is 0 Å². The first kappa shape index (κ1) is 16.0. The van der Waals surface area contributed by atoms with Crippen molar-refractivity contribution in [3.63, 3.8) is 0 Å². The number of carboxylic acids is 1. The van der Waals surface area contributed by atoms with E-state index in [1.165, 1.54) is 11.3 Å². The molecule has 0 heterocycles. The number of nitrogens with zero attached hydrogens (tertiary/aromatic N) is 1. The van der Waals surface area contributed by atoms with Gasteiger partial charge in [-0.1, -0.05) is 27.2 Å². The molecule has 0 aromatic carbocycles. The first-order valence-electron chi connectivity index (χ1n) is 7.25. The van der Waals surface area contributed by atoms with Crippen molar-refractivity contribution in [3.8, 4) is 0 Å². The Balaban J connectivity index is 2.84. The van der Waals surface area contributed by atoms with Gasteiger partial charge in [-0.2, -0.15) is 0 Å². The van der Waals surface area contributed by atoms with Crippen molar-refractivity contribution >= 4 is 11.9 Å². The Hall–Kier alpha value is -1.06. The second kappa shape index (κ2) is 6.40. The summed E-state index contributed by atoms with van der Waals surface area (Å²) in [5.74, 6) is 0.441. The fourth-order valence-corrected chi connectivity index (χ4v) is 3.10. The van der Waals surface area contributed by atoms with Gasteiger partial charge >= 0.3 is 5.97 Å². The Labute approximate surface area is 116 Å². The molecule has 0 radical (unpaired) electrons.